The molecule has 15 heavy (non-hydrogen) atoms. The maximum absolute atomic E-state index is 11.2. The number of likely N-dealkylation sites (tertiary alicyclic amines) is 2. The molecule has 3 atom stereocenters. The van der Waals surface area contributed by atoms with Crippen molar-refractivity contribution in [1.82, 2.24) is 9.80 Å². The molecule has 2 heterocycles. The maximum atomic E-state index is 11.2. The van der Waals surface area contributed by atoms with E-state index in [1.54, 1.807) is 0 Å². The summed E-state index contributed by atoms with van der Waals surface area (Å²) in [4.78, 5) is 15.8. The highest BCUT2D eigenvalue weighted by Crippen LogP contribution is 2.33. The summed E-state index contributed by atoms with van der Waals surface area (Å²) in [7, 11) is 4.21. The van der Waals surface area contributed by atoms with Gasteiger partial charge in [0, 0.05) is 25.0 Å². The third-order valence-corrected chi connectivity index (χ3v) is 3.94. The van der Waals surface area contributed by atoms with Crippen molar-refractivity contribution in [3.05, 3.63) is 0 Å². The molecule has 2 aliphatic rings. The van der Waals surface area contributed by atoms with E-state index in [0.717, 1.165) is 32.5 Å². The van der Waals surface area contributed by atoms with Crippen molar-refractivity contribution in [3.8, 4) is 0 Å². The van der Waals surface area contributed by atoms with Crippen LogP contribution >= 0.6 is 0 Å². The smallest absolute Gasteiger partial charge is 0.306 e. The van der Waals surface area contributed by atoms with Crippen LogP contribution in [0.5, 0.6) is 0 Å². The number of rotatable bonds is 1. The first-order valence-electron chi connectivity index (χ1n) is 5.71. The predicted octanol–water partition coefficient (Wildman–Crippen LogP) is 0.343. The number of hydrogen-bond donors (Lipinski definition) is 1. The van der Waals surface area contributed by atoms with E-state index in [4.69, 9.17) is 0 Å². The molecule has 0 aromatic rings. The number of carbonyl (C=O) groups is 1. The molecule has 4 nitrogen and oxygen atoms in total. The highest BCUT2D eigenvalue weighted by Gasteiger charge is 2.42. The zero-order valence-corrected chi connectivity index (χ0v) is 9.52. The third-order valence-electron chi connectivity index (χ3n) is 3.94. The molecule has 86 valence electrons. The van der Waals surface area contributed by atoms with E-state index in [9.17, 15) is 9.90 Å². The number of hydrogen-bond acceptors (Lipinski definition) is 3. The summed E-state index contributed by atoms with van der Waals surface area (Å²) < 4.78 is 0. The molecule has 0 bridgehead atoms. The van der Waals surface area contributed by atoms with Gasteiger partial charge < -0.3 is 14.9 Å². The van der Waals surface area contributed by atoms with Gasteiger partial charge in [-0.3, -0.25) is 4.79 Å². The van der Waals surface area contributed by atoms with Crippen LogP contribution in [0.4, 0.5) is 0 Å². The Morgan fingerprint density at radius 2 is 2.07 bits per heavy atom. The van der Waals surface area contributed by atoms with Crippen LogP contribution in [0.2, 0.25) is 0 Å². The van der Waals surface area contributed by atoms with Crippen LogP contribution in [0.3, 0.4) is 0 Å². The molecule has 0 aliphatic carbocycles. The van der Waals surface area contributed by atoms with E-state index in [1.165, 1.54) is 0 Å². The monoisotopic (exact) mass is 212 g/mol. The molecular formula is C11H20N2O2. The van der Waals surface area contributed by atoms with Crippen molar-refractivity contribution >= 4 is 5.97 Å². The number of carboxylic acid groups (broad SMARTS) is 1. The van der Waals surface area contributed by atoms with Gasteiger partial charge in [0.05, 0.1) is 5.92 Å². The van der Waals surface area contributed by atoms with Gasteiger partial charge in [-0.2, -0.15) is 0 Å². The molecule has 0 radical (unpaired) electrons. The molecule has 2 rings (SSSR count). The lowest BCUT2D eigenvalue weighted by Gasteiger charge is -2.27. The highest BCUT2D eigenvalue weighted by molar-refractivity contribution is 5.70. The van der Waals surface area contributed by atoms with E-state index in [0.29, 0.717) is 12.0 Å². The van der Waals surface area contributed by atoms with Gasteiger partial charge in [0.15, 0.2) is 0 Å². The van der Waals surface area contributed by atoms with Crippen molar-refractivity contribution in [2.75, 3.05) is 33.7 Å². The van der Waals surface area contributed by atoms with Crippen molar-refractivity contribution < 1.29 is 9.90 Å². The van der Waals surface area contributed by atoms with Crippen LogP contribution in [-0.4, -0.2) is 60.6 Å². The first-order chi connectivity index (χ1) is 7.09. The van der Waals surface area contributed by atoms with Crippen molar-refractivity contribution in [1.29, 1.82) is 0 Å². The molecule has 4 heteroatoms. The Kier molecular flexibility index (Phi) is 2.98. The summed E-state index contributed by atoms with van der Waals surface area (Å²) in [6.45, 7) is 3.00. The van der Waals surface area contributed by atoms with E-state index in [1.807, 2.05) is 0 Å². The van der Waals surface area contributed by atoms with E-state index in [2.05, 4.69) is 23.9 Å². The average molecular weight is 212 g/mol. The molecule has 2 fully saturated rings. The molecule has 0 amide bonds. The largest absolute Gasteiger partial charge is 0.481 e. The summed E-state index contributed by atoms with van der Waals surface area (Å²) in [5.74, 6) is -0.416. The number of carboxylic acids is 1. The van der Waals surface area contributed by atoms with E-state index >= 15 is 0 Å². The summed E-state index contributed by atoms with van der Waals surface area (Å²) in [5, 5.41) is 9.25. The Balaban J connectivity index is 2.18. The minimum atomic E-state index is -0.601. The van der Waals surface area contributed by atoms with Gasteiger partial charge in [-0.25, -0.2) is 0 Å². The van der Waals surface area contributed by atoms with Crippen molar-refractivity contribution in [3.63, 3.8) is 0 Å². The predicted molar refractivity (Wildman–Crippen MR) is 57.8 cm³/mol. The summed E-state index contributed by atoms with van der Waals surface area (Å²) in [6, 6.07) is 0.443. The fourth-order valence-electron chi connectivity index (χ4n) is 3.12. The topological polar surface area (TPSA) is 43.8 Å². The van der Waals surface area contributed by atoms with Crippen LogP contribution < -0.4 is 0 Å². The summed E-state index contributed by atoms with van der Waals surface area (Å²) >= 11 is 0. The first kappa shape index (κ1) is 10.9. The van der Waals surface area contributed by atoms with Crippen LogP contribution in [0.15, 0.2) is 0 Å². The average Bonchev–Trinajstić information content (AvgIpc) is 2.47. The van der Waals surface area contributed by atoms with Gasteiger partial charge in [0.2, 0.25) is 0 Å². The summed E-state index contributed by atoms with van der Waals surface area (Å²) in [5.41, 5.74) is 0. The fourth-order valence-corrected chi connectivity index (χ4v) is 3.12. The number of fused-ring (bicyclic) bond motifs is 1. The highest BCUT2D eigenvalue weighted by atomic mass is 16.4. The molecule has 2 saturated heterocycles. The van der Waals surface area contributed by atoms with Crippen molar-refractivity contribution in [2.45, 2.75) is 18.9 Å². The lowest BCUT2D eigenvalue weighted by molar-refractivity contribution is -0.144. The van der Waals surface area contributed by atoms with Crippen LogP contribution in [0.25, 0.3) is 0 Å². The maximum Gasteiger partial charge on any atom is 0.306 e. The van der Waals surface area contributed by atoms with Gasteiger partial charge in [0.25, 0.3) is 0 Å². The molecule has 0 aromatic heterocycles. The zero-order valence-electron chi connectivity index (χ0n) is 9.52. The van der Waals surface area contributed by atoms with Crippen LogP contribution in [0, 0.1) is 11.8 Å². The van der Waals surface area contributed by atoms with Gasteiger partial charge >= 0.3 is 5.97 Å². The minimum Gasteiger partial charge on any atom is -0.481 e. The second kappa shape index (κ2) is 4.10. The quantitative estimate of drug-likeness (QED) is 0.681. The van der Waals surface area contributed by atoms with E-state index in [-0.39, 0.29) is 5.92 Å². The SMILES string of the molecule is CN1CC2C(C(=O)O)CCCN(C)C2C1. The molecular weight excluding hydrogens is 192 g/mol. The van der Waals surface area contributed by atoms with Crippen molar-refractivity contribution in [2.24, 2.45) is 11.8 Å². The third kappa shape index (κ3) is 2.01. The number of aliphatic carboxylic acids is 1. The Morgan fingerprint density at radius 3 is 2.73 bits per heavy atom. The minimum absolute atomic E-state index is 0.134. The molecule has 0 saturated carbocycles. The Hall–Kier alpha value is -0.610. The second-order valence-electron chi connectivity index (χ2n) is 5.02. The summed E-state index contributed by atoms with van der Waals surface area (Å²) in [6.07, 6.45) is 1.86. The molecule has 1 N–H and O–H groups in total. The lowest BCUT2D eigenvalue weighted by atomic mass is 9.86. The van der Waals surface area contributed by atoms with Gasteiger partial charge in [-0.15, -0.1) is 0 Å². The van der Waals surface area contributed by atoms with Crippen LogP contribution in [-0.2, 0) is 4.79 Å². The Bertz CT molecular complexity index is 257. The second-order valence-corrected chi connectivity index (χ2v) is 5.02. The van der Waals surface area contributed by atoms with E-state index < -0.39 is 5.97 Å². The molecule has 0 aromatic carbocycles. The van der Waals surface area contributed by atoms with Gasteiger partial charge in [0.1, 0.15) is 0 Å². The lowest BCUT2D eigenvalue weighted by Crippen LogP contribution is -2.40. The Labute approximate surface area is 90.9 Å². The Morgan fingerprint density at radius 1 is 1.33 bits per heavy atom. The first-order valence-corrected chi connectivity index (χ1v) is 5.71. The zero-order chi connectivity index (χ0) is 11.0. The molecule has 0 spiro atoms. The van der Waals surface area contributed by atoms with Gasteiger partial charge in [-0.05, 0) is 33.5 Å². The standard InChI is InChI=1S/C11H20N2O2/c1-12-6-9-8(11(14)15)4-3-5-13(2)10(9)7-12/h8-10H,3-7H2,1-2H3,(H,14,15). The molecule has 2 aliphatic heterocycles. The fraction of sp³-hybridized carbons (Fsp3) is 0.909. The number of likely N-dealkylation sites (N-methyl/N-ethyl adjacent to an activating group) is 2. The molecule has 3 unspecified atom stereocenters. The normalized spacial score (nSPS) is 38.7. The number of nitrogens with zero attached hydrogens (tertiary/aromatic N) is 2. The van der Waals surface area contributed by atoms with Gasteiger partial charge in [-0.1, -0.05) is 0 Å². The van der Waals surface area contributed by atoms with Crippen LogP contribution in [0.1, 0.15) is 12.8 Å².